The fourth-order valence-corrected chi connectivity index (χ4v) is 2.48. The van der Waals surface area contributed by atoms with Crippen LogP contribution in [0, 0.1) is 0 Å². The van der Waals surface area contributed by atoms with Crippen LogP contribution in [0.1, 0.15) is 10.4 Å². The van der Waals surface area contributed by atoms with Crippen LogP contribution in [-0.2, 0) is 0 Å². The highest BCUT2D eigenvalue weighted by Crippen LogP contribution is 2.38. The van der Waals surface area contributed by atoms with E-state index >= 15 is 0 Å². The van der Waals surface area contributed by atoms with E-state index in [1.54, 1.807) is 36.0 Å². The minimum Gasteiger partial charge on any atom is -0.454 e. The zero-order valence-corrected chi connectivity index (χ0v) is 11.6. The Morgan fingerprint density at radius 1 is 1.16 bits per heavy atom. The molecule has 0 aromatic heterocycles. The molecule has 0 bridgehead atoms. The Morgan fingerprint density at radius 3 is 2.79 bits per heavy atom. The molecule has 2 aromatic rings. The van der Waals surface area contributed by atoms with E-state index in [-0.39, 0.29) is 5.91 Å². The summed E-state index contributed by atoms with van der Waals surface area (Å²) in [6.07, 6.45) is 1.98. The van der Waals surface area contributed by atoms with E-state index in [1.165, 1.54) is 0 Å². The molecule has 0 radical (unpaired) electrons. The fourth-order valence-electron chi connectivity index (χ4n) is 1.89. The van der Waals surface area contributed by atoms with Gasteiger partial charge in [0.15, 0.2) is 5.75 Å². The Labute approximate surface area is 119 Å². The highest BCUT2D eigenvalue weighted by atomic mass is 35.5. The SMILES string of the molecule is CSc1ccc2c(c1)Oc1cc(Cl)ccc1NC2=O. The van der Waals surface area contributed by atoms with Crippen LogP contribution in [0.25, 0.3) is 0 Å². The molecule has 0 aliphatic carbocycles. The number of carbonyl (C=O) groups excluding carboxylic acids is 1. The van der Waals surface area contributed by atoms with Crippen molar-refractivity contribution in [2.24, 2.45) is 0 Å². The van der Waals surface area contributed by atoms with Crippen molar-refractivity contribution in [2.45, 2.75) is 4.90 Å². The third-order valence-corrected chi connectivity index (χ3v) is 3.81. The average molecular weight is 292 g/mol. The molecule has 0 spiro atoms. The number of hydrogen-bond acceptors (Lipinski definition) is 3. The van der Waals surface area contributed by atoms with Gasteiger partial charge in [0.25, 0.3) is 5.91 Å². The molecule has 96 valence electrons. The van der Waals surface area contributed by atoms with Gasteiger partial charge in [-0.15, -0.1) is 11.8 Å². The first-order valence-electron chi connectivity index (χ1n) is 5.64. The number of anilines is 1. The second kappa shape index (κ2) is 4.79. The van der Waals surface area contributed by atoms with Gasteiger partial charge in [0, 0.05) is 16.0 Å². The highest BCUT2D eigenvalue weighted by molar-refractivity contribution is 7.98. The standard InChI is InChI=1S/C14H10ClNO2S/c1-19-9-3-4-10-12(7-9)18-13-6-8(15)2-5-11(13)16-14(10)17/h2-7H,1H3,(H,16,17). The molecule has 2 aromatic carbocycles. The average Bonchev–Trinajstić information content (AvgIpc) is 2.54. The molecule has 1 aliphatic rings. The van der Waals surface area contributed by atoms with Crippen molar-refractivity contribution < 1.29 is 9.53 Å². The van der Waals surface area contributed by atoms with Crippen molar-refractivity contribution in [1.82, 2.24) is 0 Å². The lowest BCUT2D eigenvalue weighted by molar-refractivity contribution is 0.102. The number of fused-ring (bicyclic) bond motifs is 2. The van der Waals surface area contributed by atoms with E-state index in [0.29, 0.717) is 27.8 Å². The zero-order valence-electron chi connectivity index (χ0n) is 10.1. The van der Waals surface area contributed by atoms with E-state index in [9.17, 15) is 4.79 Å². The number of nitrogens with one attached hydrogen (secondary N) is 1. The van der Waals surface area contributed by atoms with Crippen molar-refractivity contribution in [3.05, 3.63) is 47.0 Å². The van der Waals surface area contributed by atoms with Crippen molar-refractivity contribution in [1.29, 1.82) is 0 Å². The normalized spacial score (nSPS) is 12.8. The lowest BCUT2D eigenvalue weighted by Gasteiger charge is -2.08. The lowest BCUT2D eigenvalue weighted by atomic mass is 10.2. The van der Waals surface area contributed by atoms with Crippen molar-refractivity contribution in [3.63, 3.8) is 0 Å². The fraction of sp³-hybridized carbons (Fsp3) is 0.0714. The van der Waals surface area contributed by atoms with Crippen LogP contribution >= 0.6 is 23.4 Å². The first-order chi connectivity index (χ1) is 9.17. The van der Waals surface area contributed by atoms with E-state index in [0.717, 1.165) is 4.90 Å². The van der Waals surface area contributed by atoms with E-state index < -0.39 is 0 Å². The smallest absolute Gasteiger partial charge is 0.259 e. The van der Waals surface area contributed by atoms with Crippen LogP contribution < -0.4 is 10.1 Å². The van der Waals surface area contributed by atoms with Gasteiger partial charge in [0.05, 0.1) is 11.3 Å². The zero-order chi connectivity index (χ0) is 13.4. The summed E-state index contributed by atoms with van der Waals surface area (Å²) in [5.41, 5.74) is 1.14. The molecule has 3 rings (SSSR count). The quantitative estimate of drug-likeness (QED) is 0.790. The predicted molar refractivity (Wildman–Crippen MR) is 77.7 cm³/mol. The van der Waals surface area contributed by atoms with Crippen LogP contribution in [0.4, 0.5) is 5.69 Å². The second-order valence-corrected chi connectivity index (χ2v) is 5.37. The summed E-state index contributed by atoms with van der Waals surface area (Å²) in [4.78, 5) is 13.2. The molecule has 1 heterocycles. The first-order valence-corrected chi connectivity index (χ1v) is 7.24. The van der Waals surface area contributed by atoms with Gasteiger partial charge in [0.1, 0.15) is 5.75 Å². The van der Waals surface area contributed by atoms with Crippen LogP contribution in [-0.4, -0.2) is 12.2 Å². The molecule has 0 atom stereocenters. The third kappa shape index (κ3) is 2.29. The molecule has 0 saturated heterocycles. The van der Waals surface area contributed by atoms with E-state index in [4.69, 9.17) is 16.3 Å². The van der Waals surface area contributed by atoms with Crippen LogP contribution in [0.3, 0.4) is 0 Å². The largest absolute Gasteiger partial charge is 0.454 e. The molecule has 0 saturated carbocycles. The number of halogens is 1. The van der Waals surface area contributed by atoms with E-state index in [1.807, 2.05) is 18.4 Å². The van der Waals surface area contributed by atoms with Gasteiger partial charge in [0.2, 0.25) is 0 Å². The number of carbonyl (C=O) groups is 1. The second-order valence-electron chi connectivity index (χ2n) is 4.06. The molecule has 0 fully saturated rings. The summed E-state index contributed by atoms with van der Waals surface area (Å²) in [6, 6.07) is 10.7. The maximum absolute atomic E-state index is 12.1. The molecule has 3 nitrogen and oxygen atoms in total. The number of hydrogen-bond donors (Lipinski definition) is 1. The monoisotopic (exact) mass is 291 g/mol. The van der Waals surface area contributed by atoms with Crippen LogP contribution in [0.5, 0.6) is 11.5 Å². The Hall–Kier alpha value is -1.65. The molecule has 0 unspecified atom stereocenters. The van der Waals surface area contributed by atoms with E-state index in [2.05, 4.69) is 5.32 Å². The Kier molecular flexibility index (Phi) is 3.12. The summed E-state index contributed by atoms with van der Waals surface area (Å²) in [5.74, 6) is 0.923. The number of thioether (sulfide) groups is 1. The topological polar surface area (TPSA) is 38.3 Å². The minimum absolute atomic E-state index is 0.177. The van der Waals surface area contributed by atoms with Gasteiger partial charge in [-0.3, -0.25) is 4.79 Å². The van der Waals surface area contributed by atoms with Gasteiger partial charge in [-0.1, -0.05) is 11.6 Å². The van der Waals surface area contributed by atoms with Gasteiger partial charge in [-0.2, -0.15) is 0 Å². The lowest BCUT2D eigenvalue weighted by Crippen LogP contribution is -2.10. The van der Waals surface area contributed by atoms with Gasteiger partial charge in [-0.25, -0.2) is 0 Å². The Bertz CT molecular complexity index is 672. The van der Waals surface area contributed by atoms with Gasteiger partial charge in [-0.05, 0) is 36.6 Å². The first kappa shape index (κ1) is 12.4. The number of ether oxygens (including phenoxy) is 1. The number of benzene rings is 2. The number of rotatable bonds is 1. The summed E-state index contributed by atoms with van der Waals surface area (Å²) < 4.78 is 5.82. The highest BCUT2D eigenvalue weighted by Gasteiger charge is 2.21. The van der Waals surface area contributed by atoms with Gasteiger partial charge < -0.3 is 10.1 Å². The molecule has 1 amide bonds. The molecule has 19 heavy (non-hydrogen) atoms. The summed E-state index contributed by atoms with van der Waals surface area (Å²) in [6.45, 7) is 0. The maximum atomic E-state index is 12.1. The molecule has 1 aliphatic heterocycles. The van der Waals surface area contributed by atoms with Gasteiger partial charge >= 0.3 is 0 Å². The molecular formula is C14H10ClNO2S. The molecule has 5 heteroatoms. The third-order valence-electron chi connectivity index (χ3n) is 2.85. The van der Waals surface area contributed by atoms with Crippen molar-refractivity contribution >= 4 is 35.0 Å². The Morgan fingerprint density at radius 2 is 2.00 bits per heavy atom. The van der Waals surface area contributed by atoms with Crippen LogP contribution in [0.15, 0.2) is 41.3 Å². The molecule has 1 N–H and O–H groups in total. The summed E-state index contributed by atoms with van der Waals surface area (Å²) in [5, 5.41) is 3.38. The number of amides is 1. The summed E-state index contributed by atoms with van der Waals surface area (Å²) >= 11 is 7.55. The minimum atomic E-state index is -0.177. The maximum Gasteiger partial charge on any atom is 0.259 e. The van der Waals surface area contributed by atoms with Crippen LogP contribution in [0.2, 0.25) is 5.02 Å². The predicted octanol–water partition coefficient (Wildman–Crippen LogP) is 4.42. The Balaban J connectivity index is 2.14. The summed E-state index contributed by atoms with van der Waals surface area (Å²) in [7, 11) is 0. The van der Waals surface area contributed by atoms with Crippen molar-refractivity contribution in [3.8, 4) is 11.5 Å². The molecular weight excluding hydrogens is 282 g/mol. The van der Waals surface area contributed by atoms with Crippen molar-refractivity contribution in [2.75, 3.05) is 11.6 Å².